The van der Waals surface area contributed by atoms with Crippen LogP contribution in [0.5, 0.6) is 0 Å². The summed E-state index contributed by atoms with van der Waals surface area (Å²) in [6, 6.07) is 7.22. The van der Waals surface area contributed by atoms with E-state index in [4.69, 9.17) is 5.73 Å². The van der Waals surface area contributed by atoms with Crippen molar-refractivity contribution in [3.8, 4) is 0 Å². The summed E-state index contributed by atoms with van der Waals surface area (Å²) in [5, 5.41) is 0. The minimum absolute atomic E-state index is 0.779. The summed E-state index contributed by atoms with van der Waals surface area (Å²) >= 11 is 0. The first-order valence-electron chi connectivity index (χ1n) is 6.79. The summed E-state index contributed by atoms with van der Waals surface area (Å²) in [5.41, 5.74) is 9.37. The summed E-state index contributed by atoms with van der Waals surface area (Å²) in [4.78, 5) is 2.63. The van der Waals surface area contributed by atoms with Crippen molar-refractivity contribution in [1.29, 1.82) is 0 Å². The quantitative estimate of drug-likeness (QED) is 0.810. The molecule has 2 nitrogen and oxygen atoms in total. The fraction of sp³-hybridized carbons (Fsp3) is 0.600. The molecule has 2 heteroatoms. The monoisotopic (exact) mass is 232 g/mol. The Morgan fingerprint density at radius 1 is 1.35 bits per heavy atom. The fourth-order valence-corrected chi connectivity index (χ4v) is 2.80. The molecule has 2 rings (SSSR count). The predicted molar refractivity (Wildman–Crippen MR) is 73.9 cm³/mol. The van der Waals surface area contributed by atoms with E-state index in [1.54, 1.807) is 0 Å². The Labute approximate surface area is 105 Å². The second kappa shape index (κ2) is 5.54. The number of hydrogen-bond acceptors (Lipinski definition) is 2. The lowest BCUT2D eigenvalue weighted by molar-refractivity contribution is 0.136. The third kappa shape index (κ3) is 3.01. The van der Waals surface area contributed by atoms with Gasteiger partial charge in [-0.2, -0.15) is 0 Å². The van der Waals surface area contributed by atoms with Gasteiger partial charge in [0, 0.05) is 18.3 Å². The van der Waals surface area contributed by atoms with Gasteiger partial charge in [0.25, 0.3) is 0 Å². The number of nitrogen functional groups attached to an aromatic ring is 1. The molecule has 0 saturated carbocycles. The first kappa shape index (κ1) is 12.4. The molecule has 0 radical (unpaired) electrons. The van der Waals surface area contributed by atoms with Crippen LogP contribution < -0.4 is 5.73 Å². The molecular weight excluding hydrogens is 208 g/mol. The van der Waals surface area contributed by atoms with Gasteiger partial charge in [-0.05, 0) is 49.9 Å². The predicted octanol–water partition coefficient (Wildman–Crippen LogP) is 3.34. The number of piperidine rings is 1. The van der Waals surface area contributed by atoms with E-state index < -0.39 is 0 Å². The Morgan fingerprint density at radius 3 is 2.88 bits per heavy atom. The van der Waals surface area contributed by atoms with Gasteiger partial charge < -0.3 is 5.73 Å². The van der Waals surface area contributed by atoms with Gasteiger partial charge in [0.15, 0.2) is 0 Å². The molecule has 1 fully saturated rings. The normalized spacial score (nSPS) is 21.6. The molecule has 2 N–H and O–H groups in total. The molecule has 1 aliphatic rings. The molecule has 1 unspecified atom stereocenters. The zero-order chi connectivity index (χ0) is 12.3. The molecular formula is C15H24N2. The zero-order valence-electron chi connectivity index (χ0n) is 11.1. The molecule has 1 aliphatic heterocycles. The summed E-state index contributed by atoms with van der Waals surface area (Å²) in [6.45, 7) is 6.73. The van der Waals surface area contributed by atoms with E-state index in [-0.39, 0.29) is 0 Å². The Hall–Kier alpha value is -1.02. The van der Waals surface area contributed by atoms with Crippen molar-refractivity contribution in [3.05, 3.63) is 29.3 Å². The third-order valence-electron chi connectivity index (χ3n) is 3.94. The van der Waals surface area contributed by atoms with Gasteiger partial charge in [-0.3, -0.25) is 4.90 Å². The van der Waals surface area contributed by atoms with E-state index in [9.17, 15) is 0 Å². The molecule has 0 spiro atoms. The summed E-state index contributed by atoms with van der Waals surface area (Å²) in [6.07, 6.45) is 5.39. The maximum absolute atomic E-state index is 5.86. The summed E-state index contributed by atoms with van der Waals surface area (Å²) in [7, 11) is 0. The molecule has 17 heavy (non-hydrogen) atoms. The van der Waals surface area contributed by atoms with Crippen molar-refractivity contribution in [3.63, 3.8) is 0 Å². The molecule has 1 atom stereocenters. The molecule has 1 aromatic carbocycles. The molecule has 1 aromatic rings. The van der Waals surface area contributed by atoms with Crippen molar-refractivity contribution in [2.24, 2.45) is 0 Å². The van der Waals surface area contributed by atoms with Gasteiger partial charge in [0.1, 0.15) is 0 Å². The molecule has 94 valence electrons. The molecule has 0 aromatic heterocycles. The maximum Gasteiger partial charge on any atom is 0.0343 e. The lowest BCUT2D eigenvalue weighted by atomic mass is 9.99. The highest BCUT2D eigenvalue weighted by molar-refractivity contribution is 5.47. The van der Waals surface area contributed by atoms with Crippen LogP contribution in [0.2, 0.25) is 0 Å². The number of nitrogens with zero attached hydrogens (tertiary/aromatic N) is 1. The zero-order valence-corrected chi connectivity index (χ0v) is 11.1. The minimum Gasteiger partial charge on any atom is -0.399 e. The van der Waals surface area contributed by atoms with Crippen LogP contribution in [0.25, 0.3) is 0 Å². The topological polar surface area (TPSA) is 29.3 Å². The Bertz CT molecular complexity index is 373. The van der Waals surface area contributed by atoms with Crippen molar-refractivity contribution < 1.29 is 0 Å². The third-order valence-corrected chi connectivity index (χ3v) is 3.94. The van der Waals surface area contributed by atoms with E-state index in [1.165, 1.54) is 43.4 Å². The summed E-state index contributed by atoms with van der Waals surface area (Å²) in [5.74, 6) is 0. The SMILES string of the molecule is CCC1CCCCN1Cc1ccc(N)c(C)c1. The number of nitrogens with two attached hydrogens (primary N) is 1. The van der Waals surface area contributed by atoms with E-state index in [0.29, 0.717) is 0 Å². The van der Waals surface area contributed by atoms with E-state index in [2.05, 4.69) is 30.9 Å². The standard InChI is InChI=1S/C15H24N2/c1-3-14-6-4-5-9-17(14)11-13-7-8-15(16)12(2)10-13/h7-8,10,14H,3-6,9,11,16H2,1-2H3. The van der Waals surface area contributed by atoms with Crippen LogP contribution in [0.1, 0.15) is 43.7 Å². The smallest absolute Gasteiger partial charge is 0.0343 e. The van der Waals surface area contributed by atoms with Crippen LogP contribution in [0.15, 0.2) is 18.2 Å². The number of hydrogen-bond donors (Lipinski definition) is 1. The van der Waals surface area contributed by atoms with Crippen LogP contribution in [0.4, 0.5) is 5.69 Å². The van der Waals surface area contributed by atoms with Crippen molar-refractivity contribution in [2.45, 2.75) is 52.1 Å². The summed E-state index contributed by atoms with van der Waals surface area (Å²) < 4.78 is 0. The molecule has 0 aliphatic carbocycles. The molecule has 1 saturated heterocycles. The first-order valence-corrected chi connectivity index (χ1v) is 6.79. The van der Waals surface area contributed by atoms with Crippen LogP contribution in [-0.2, 0) is 6.54 Å². The second-order valence-electron chi connectivity index (χ2n) is 5.22. The van der Waals surface area contributed by atoms with Gasteiger partial charge in [-0.25, -0.2) is 0 Å². The molecule has 0 bridgehead atoms. The molecule has 1 heterocycles. The second-order valence-corrected chi connectivity index (χ2v) is 5.22. The van der Waals surface area contributed by atoms with Gasteiger partial charge in [0.2, 0.25) is 0 Å². The van der Waals surface area contributed by atoms with Crippen LogP contribution >= 0.6 is 0 Å². The van der Waals surface area contributed by atoms with Crippen LogP contribution in [-0.4, -0.2) is 17.5 Å². The molecule has 0 amide bonds. The number of rotatable bonds is 3. The lowest BCUT2D eigenvalue weighted by Gasteiger charge is -2.35. The van der Waals surface area contributed by atoms with Crippen molar-refractivity contribution >= 4 is 5.69 Å². The van der Waals surface area contributed by atoms with Crippen molar-refractivity contribution in [2.75, 3.05) is 12.3 Å². The van der Waals surface area contributed by atoms with E-state index in [0.717, 1.165) is 18.3 Å². The number of benzene rings is 1. The van der Waals surface area contributed by atoms with Crippen LogP contribution in [0.3, 0.4) is 0 Å². The van der Waals surface area contributed by atoms with Gasteiger partial charge in [0.05, 0.1) is 0 Å². The van der Waals surface area contributed by atoms with E-state index >= 15 is 0 Å². The maximum atomic E-state index is 5.86. The van der Waals surface area contributed by atoms with Crippen LogP contribution in [0, 0.1) is 6.92 Å². The average molecular weight is 232 g/mol. The Morgan fingerprint density at radius 2 is 2.18 bits per heavy atom. The largest absolute Gasteiger partial charge is 0.399 e. The highest BCUT2D eigenvalue weighted by Gasteiger charge is 2.20. The van der Waals surface area contributed by atoms with E-state index in [1.807, 2.05) is 6.07 Å². The Kier molecular flexibility index (Phi) is 4.06. The van der Waals surface area contributed by atoms with Gasteiger partial charge >= 0.3 is 0 Å². The highest BCUT2D eigenvalue weighted by atomic mass is 15.2. The highest BCUT2D eigenvalue weighted by Crippen LogP contribution is 2.22. The number of anilines is 1. The number of likely N-dealkylation sites (tertiary alicyclic amines) is 1. The minimum atomic E-state index is 0.779. The van der Waals surface area contributed by atoms with Gasteiger partial charge in [-0.1, -0.05) is 25.5 Å². The number of aryl methyl sites for hydroxylation is 1. The average Bonchev–Trinajstić information content (AvgIpc) is 2.34. The first-order chi connectivity index (χ1) is 8.20. The lowest BCUT2D eigenvalue weighted by Crippen LogP contribution is -2.38. The fourth-order valence-electron chi connectivity index (χ4n) is 2.80. The Balaban J connectivity index is 2.05. The van der Waals surface area contributed by atoms with Gasteiger partial charge in [-0.15, -0.1) is 0 Å². The van der Waals surface area contributed by atoms with Crippen molar-refractivity contribution in [1.82, 2.24) is 4.90 Å².